The molecule has 0 aromatic heterocycles. The van der Waals surface area contributed by atoms with Gasteiger partial charge in [-0.15, -0.1) is 0 Å². The molecule has 84 valence electrons. The van der Waals surface area contributed by atoms with Crippen molar-refractivity contribution in [1.82, 2.24) is 0 Å². The number of halogens is 1. The number of hydrogen-bond acceptors (Lipinski definition) is 2. The molecule has 0 amide bonds. The molecule has 0 radical (unpaired) electrons. The predicted molar refractivity (Wildman–Crippen MR) is 71.3 cm³/mol. The smallest absolute Gasteiger partial charge is 0.0611 e. The van der Waals surface area contributed by atoms with E-state index in [0.29, 0.717) is 0 Å². The molecule has 0 bridgehead atoms. The Hall–Kier alpha value is -0.700. The van der Waals surface area contributed by atoms with E-state index in [1.54, 1.807) is 0 Å². The van der Waals surface area contributed by atoms with E-state index in [0.717, 1.165) is 28.9 Å². The van der Waals surface area contributed by atoms with Gasteiger partial charge in [0, 0.05) is 17.6 Å². The van der Waals surface area contributed by atoms with Gasteiger partial charge in [-0.1, -0.05) is 29.3 Å². The molecule has 0 spiro atoms. The molecule has 0 aliphatic carbocycles. The van der Waals surface area contributed by atoms with Crippen molar-refractivity contribution in [2.75, 3.05) is 23.7 Å². The quantitative estimate of drug-likeness (QED) is 0.828. The van der Waals surface area contributed by atoms with Crippen molar-refractivity contribution in [3.8, 4) is 0 Å². The summed E-state index contributed by atoms with van der Waals surface area (Å²) in [6.45, 7) is 6.45. The first-order valence-electron chi connectivity index (χ1n) is 5.49. The number of benzene rings is 1. The van der Waals surface area contributed by atoms with E-state index in [1.807, 2.05) is 12.1 Å². The standard InChI is InChI=1S/C12H19BrN2/c1-3-5-8-15(4-2)12-9-10(13)6-7-11(12)14/h6-7,9H,3-5,8,14H2,1-2H3. The van der Waals surface area contributed by atoms with Crippen LogP contribution in [0.5, 0.6) is 0 Å². The third-order valence-corrected chi connectivity index (χ3v) is 2.99. The van der Waals surface area contributed by atoms with E-state index in [4.69, 9.17) is 5.73 Å². The minimum Gasteiger partial charge on any atom is -0.397 e. The number of nitrogens with two attached hydrogens (primary N) is 1. The lowest BCUT2D eigenvalue weighted by molar-refractivity contribution is 0.733. The van der Waals surface area contributed by atoms with Crippen LogP contribution in [0.1, 0.15) is 26.7 Å². The molecule has 1 rings (SSSR count). The summed E-state index contributed by atoms with van der Waals surface area (Å²) >= 11 is 3.48. The van der Waals surface area contributed by atoms with Crippen LogP contribution in [0.4, 0.5) is 11.4 Å². The maximum absolute atomic E-state index is 5.98. The molecule has 0 aliphatic rings. The molecule has 2 N–H and O–H groups in total. The Labute approximate surface area is 101 Å². The lowest BCUT2D eigenvalue weighted by Gasteiger charge is -2.24. The van der Waals surface area contributed by atoms with Crippen molar-refractivity contribution in [3.63, 3.8) is 0 Å². The van der Waals surface area contributed by atoms with Crippen molar-refractivity contribution in [3.05, 3.63) is 22.7 Å². The van der Waals surface area contributed by atoms with Crippen LogP contribution in [0.25, 0.3) is 0 Å². The summed E-state index contributed by atoms with van der Waals surface area (Å²) in [6, 6.07) is 6.02. The number of anilines is 2. The first kappa shape index (κ1) is 12.4. The average molecular weight is 271 g/mol. The third kappa shape index (κ3) is 3.42. The third-order valence-electron chi connectivity index (χ3n) is 2.50. The van der Waals surface area contributed by atoms with E-state index in [1.165, 1.54) is 12.8 Å². The Kier molecular flexibility index (Phi) is 4.95. The fourth-order valence-corrected chi connectivity index (χ4v) is 1.94. The number of nitrogen functional groups attached to an aromatic ring is 1. The van der Waals surface area contributed by atoms with Gasteiger partial charge >= 0.3 is 0 Å². The summed E-state index contributed by atoms with van der Waals surface area (Å²) in [4.78, 5) is 2.32. The Morgan fingerprint density at radius 2 is 2.07 bits per heavy atom. The predicted octanol–water partition coefficient (Wildman–Crippen LogP) is 3.66. The van der Waals surface area contributed by atoms with Crippen LogP contribution < -0.4 is 10.6 Å². The van der Waals surface area contributed by atoms with Gasteiger partial charge in [0.05, 0.1) is 11.4 Å². The summed E-state index contributed by atoms with van der Waals surface area (Å²) in [6.07, 6.45) is 2.42. The molecule has 0 atom stereocenters. The molecular formula is C12H19BrN2. The van der Waals surface area contributed by atoms with Gasteiger partial charge in [0.1, 0.15) is 0 Å². The van der Waals surface area contributed by atoms with Crippen LogP contribution in [0.15, 0.2) is 22.7 Å². The monoisotopic (exact) mass is 270 g/mol. The van der Waals surface area contributed by atoms with Crippen molar-refractivity contribution in [2.24, 2.45) is 0 Å². The highest BCUT2D eigenvalue weighted by Gasteiger charge is 2.07. The van der Waals surface area contributed by atoms with Gasteiger partial charge in [-0.2, -0.15) is 0 Å². The largest absolute Gasteiger partial charge is 0.397 e. The molecular weight excluding hydrogens is 252 g/mol. The number of hydrogen-bond donors (Lipinski definition) is 1. The summed E-state index contributed by atoms with van der Waals surface area (Å²) in [5.41, 5.74) is 7.97. The zero-order chi connectivity index (χ0) is 11.3. The summed E-state index contributed by atoms with van der Waals surface area (Å²) in [5, 5.41) is 0. The molecule has 0 aliphatic heterocycles. The minimum atomic E-state index is 0.858. The first-order chi connectivity index (χ1) is 7.19. The molecule has 0 fully saturated rings. The number of nitrogens with zero attached hydrogens (tertiary/aromatic N) is 1. The molecule has 0 unspecified atom stereocenters. The summed E-state index contributed by atoms with van der Waals surface area (Å²) in [5.74, 6) is 0. The van der Waals surface area contributed by atoms with Crippen LogP contribution in [-0.4, -0.2) is 13.1 Å². The van der Waals surface area contributed by atoms with Gasteiger partial charge in [0.15, 0.2) is 0 Å². The highest BCUT2D eigenvalue weighted by atomic mass is 79.9. The van der Waals surface area contributed by atoms with E-state index >= 15 is 0 Å². The fourth-order valence-electron chi connectivity index (χ4n) is 1.59. The highest BCUT2D eigenvalue weighted by Crippen LogP contribution is 2.27. The lowest BCUT2D eigenvalue weighted by Crippen LogP contribution is -2.24. The summed E-state index contributed by atoms with van der Waals surface area (Å²) in [7, 11) is 0. The van der Waals surface area contributed by atoms with E-state index in [2.05, 4.69) is 40.7 Å². The van der Waals surface area contributed by atoms with Gasteiger partial charge in [-0.05, 0) is 31.5 Å². The van der Waals surface area contributed by atoms with Gasteiger partial charge in [-0.3, -0.25) is 0 Å². The number of rotatable bonds is 5. The first-order valence-corrected chi connectivity index (χ1v) is 6.28. The van der Waals surface area contributed by atoms with Crippen LogP contribution in [0.3, 0.4) is 0 Å². The average Bonchev–Trinajstić information content (AvgIpc) is 2.24. The highest BCUT2D eigenvalue weighted by molar-refractivity contribution is 9.10. The minimum absolute atomic E-state index is 0.858. The van der Waals surface area contributed by atoms with Crippen LogP contribution >= 0.6 is 15.9 Å². The maximum Gasteiger partial charge on any atom is 0.0611 e. The van der Waals surface area contributed by atoms with Crippen LogP contribution in [-0.2, 0) is 0 Å². The molecule has 1 aromatic carbocycles. The molecule has 3 heteroatoms. The fraction of sp³-hybridized carbons (Fsp3) is 0.500. The van der Waals surface area contributed by atoms with Crippen LogP contribution in [0, 0.1) is 0 Å². The molecule has 0 heterocycles. The lowest BCUT2D eigenvalue weighted by atomic mass is 10.2. The second-order valence-corrected chi connectivity index (χ2v) is 4.55. The molecule has 1 aromatic rings. The Balaban J connectivity index is 2.85. The van der Waals surface area contributed by atoms with Crippen molar-refractivity contribution in [2.45, 2.75) is 26.7 Å². The van der Waals surface area contributed by atoms with Crippen molar-refractivity contribution in [1.29, 1.82) is 0 Å². The Morgan fingerprint density at radius 3 is 2.67 bits per heavy atom. The summed E-state index contributed by atoms with van der Waals surface area (Å²) < 4.78 is 1.08. The van der Waals surface area contributed by atoms with E-state index < -0.39 is 0 Å². The maximum atomic E-state index is 5.98. The zero-order valence-electron chi connectivity index (χ0n) is 9.46. The molecule has 0 saturated carbocycles. The molecule has 2 nitrogen and oxygen atoms in total. The normalized spacial score (nSPS) is 10.3. The topological polar surface area (TPSA) is 29.3 Å². The van der Waals surface area contributed by atoms with Gasteiger partial charge < -0.3 is 10.6 Å². The van der Waals surface area contributed by atoms with Gasteiger partial charge in [-0.25, -0.2) is 0 Å². The van der Waals surface area contributed by atoms with Crippen molar-refractivity contribution >= 4 is 27.3 Å². The number of unbranched alkanes of at least 4 members (excludes halogenated alkanes) is 1. The van der Waals surface area contributed by atoms with Gasteiger partial charge in [0.25, 0.3) is 0 Å². The second kappa shape index (κ2) is 6.01. The van der Waals surface area contributed by atoms with E-state index in [9.17, 15) is 0 Å². The Bertz CT molecular complexity index is 312. The second-order valence-electron chi connectivity index (χ2n) is 3.64. The SMILES string of the molecule is CCCCN(CC)c1cc(Br)ccc1N. The molecule has 15 heavy (non-hydrogen) atoms. The molecule has 0 saturated heterocycles. The zero-order valence-corrected chi connectivity index (χ0v) is 11.0. The van der Waals surface area contributed by atoms with Gasteiger partial charge in [0.2, 0.25) is 0 Å². The van der Waals surface area contributed by atoms with Crippen LogP contribution in [0.2, 0.25) is 0 Å². The van der Waals surface area contributed by atoms with Crippen molar-refractivity contribution < 1.29 is 0 Å². The Morgan fingerprint density at radius 1 is 1.33 bits per heavy atom. The van der Waals surface area contributed by atoms with E-state index in [-0.39, 0.29) is 0 Å².